The minimum Gasteiger partial charge on any atom is -0.396 e. The van der Waals surface area contributed by atoms with Crippen LogP contribution in [0.5, 0.6) is 0 Å². The van der Waals surface area contributed by atoms with E-state index in [2.05, 4.69) is 5.48 Å². The van der Waals surface area contributed by atoms with E-state index < -0.39 is 17.6 Å². The summed E-state index contributed by atoms with van der Waals surface area (Å²) in [4.78, 5) is 5.06. The zero-order valence-electron chi connectivity index (χ0n) is 8.60. The van der Waals surface area contributed by atoms with Gasteiger partial charge in [-0.1, -0.05) is 13.8 Å². The number of hydrogen-bond donors (Lipinski definition) is 4. The number of aliphatic hydroxyl groups excluding tert-OH is 3. The molecule has 1 fully saturated rings. The summed E-state index contributed by atoms with van der Waals surface area (Å²) in [6.07, 6.45) is -0.698. The third kappa shape index (κ3) is 2.24. The summed E-state index contributed by atoms with van der Waals surface area (Å²) in [7, 11) is 0. The summed E-state index contributed by atoms with van der Waals surface area (Å²) in [6, 6.07) is -0.473. The van der Waals surface area contributed by atoms with Crippen molar-refractivity contribution in [3.63, 3.8) is 0 Å². The summed E-state index contributed by atoms with van der Waals surface area (Å²) in [5, 5.41) is 28.0. The van der Waals surface area contributed by atoms with Crippen molar-refractivity contribution in [2.24, 2.45) is 11.3 Å². The second kappa shape index (κ2) is 4.55. The van der Waals surface area contributed by atoms with Crippen LogP contribution in [0, 0.1) is 11.3 Å². The largest absolute Gasteiger partial charge is 0.396 e. The van der Waals surface area contributed by atoms with Crippen molar-refractivity contribution >= 4 is 0 Å². The van der Waals surface area contributed by atoms with E-state index in [-0.39, 0.29) is 19.1 Å². The molecule has 0 aromatic carbocycles. The zero-order valence-corrected chi connectivity index (χ0v) is 8.60. The van der Waals surface area contributed by atoms with Gasteiger partial charge in [-0.2, -0.15) is 5.48 Å². The van der Waals surface area contributed by atoms with Crippen molar-refractivity contribution in [3.8, 4) is 0 Å². The zero-order chi connectivity index (χ0) is 10.8. The molecule has 0 saturated carbocycles. The van der Waals surface area contributed by atoms with Gasteiger partial charge in [-0.15, -0.1) is 0 Å². The molecule has 0 amide bonds. The summed E-state index contributed by atoms with van der Waals surface area (Å²) >= 11 is 0. The van der Waals surface area contributed by atoms with Gasteiger partial charge in [-0.25, -0.2) is 0 Å². The van der Waals surface area contributed by atoms with E-state index in [1.807, 2.05) is 13.8 Å². The molecule has 3 unspecified atom stereocenters. The van der Waals surface area contributed by atoms with Gasteiger partial charge < -0.3 is 20.2 Å². The SMILES string of the molecule is CC(C)(CO)C1CONC(CO)C1O. The smallest absolute Gasteiger partial charge is 0.0815 e. The molecule has 5 heteroatoms. The van der Waals surface area contributed by atoms with Gasteiger partial charge in [0.2, 0.25) is 0 Å². The van der Waals surface area contributed by atoms with E-state index in [1.54, 1.807) is 0 Å². The molecular formula is C9H19NO4. The van der Waals surface area contributed by atoms with Crippen LogP contribution in [0.4, 0.5) is 0 Å². The summed E-state index contributed by atoms with van der Waals surface area (Å²) in [6.45, 7) is 3.87. The molecule has 0 aliphatic carbocycles. The number of rotatable bonds is 3. The first-order valence-corrected chi connectivity index (χ1v) is 4.80. The van der Waals surface area contributed by atoms with Crippen molar-refractivity contribution in [1.29, 1.82) is 0 Å². The van der Waals surface area contributed by atoms with Gasteiger partial charge in [0.05, 0.1) is 25.4 Å². The van der Waals surface area contributed by atoms with Crippen LogP contribution >= 0.6 is 0 Å². The maximum Gasteiger partial charge on any atom is 0.0815 e. The van der Waals surface area contributed by atoms with E-state index in [0.29, 0.717) is 6.61 Å². The van der Waals surface area contributed by atoms with Gasteiger partial charge in [-0.3, -0.25) is 0 Å². The van der Waals surface area contributed by atoms with Gasteiger partial charge in [0, 0.05) is 12.5 Å². The minimum atomic E-state index is -0.698. The van der Waals surface area contributed by atoms with Gasteiger partial charge >= 0.3 is 0 Å². The van der Waals surface area contributed by atoms with Gasteiger partial charge in [-0.05, 0) is 5.41 Å². The average Bonchev–Trinajstić information content (AvgIpc) is 2.18. The molecule has 0 bridgehead atoms. The van der Waals surface area contributed by atoms with Crippen molar-refractivity contribution in [2.45, 2.75) is 26.0 Å². The fourth-order valence-corrected chi connectivity index (χ4v) is 1.64. The molecule has 14 heavy (non-hydrogen) atoms. The van der Waals surface area contributed by atoms with E-state index in [4.69, 9.17) is 9.94 Å². The van der Waals surface area contributed by atoms with Crippen LogP contribution in [0.1, 0.15) is 13.8 Å². The molecule has 1 saturated heterocycles. The van der Waals surface area contributed by atoms with Crippen LogP contribution in [0.15, 0.2) is 0 Å². The second-order valence-electron chi connectivity index (χ2n) is 4.46. The Bertz CT molecular complexity index is 186. The Kier molecular flexibility index (Phi) is 3.86. The second-order valence-corrected chi connectivity index (χ2v) is 4.46. The Hall–Kier alpha value is -0.200. The fourth-order valence-electron chi connectivity index (χ4n) is 1.64. The standard InChI is InChI=1S/C9H19NO4/c1-9(2,5-12)6-4-14-10-7(3-11)8(6)13/h6-8,10-13H,3-5H2,1-2H3. The van der Waals surface area contributed by atoms with E-state index in [0.717, 1.165) is 0 Å². The number of hydrogen-bond acceptors (Lipinski definition) is 5. The lowest BCUT2D eigenvalue weighted by Crippen LogP contribution is -2.57. The Balaban J connectivity index is 2.69. The van der Waals surface area contributed by atoms with Crippen LogP contribution in [0.25, 0.3) is 0 Å². The number of hydroxylamine groups is 1. The van der Waals surface area contributed by atoms with Crippen LogP contribution < -0.4 is 5.48 Å². The van der Waals surface area contributed by atoms with Crippen LogP contribution in [-0.4, -0.2) is 47.3 Å². The molecule has 1 rings (SSSR count). The molecule has 4 N–H and O–H groups in total. The maximum atomic E-state index is 9.88. The molecule has 1 aliphatic rings. The Morgan fingerprint density at radius 1 is 1.43 bits per heavy atom. The lowest BCUT2D eigenvalue weighted by molar-refractivity contribution is -0.158. The van der Waals surface area contributed by atoms with E-state index in [1.165, 1.54) is 0 Å². The topological polar surface area (TPSA) is 82.0 Å². The van der Waals surface area contributed by atoms with Gasteiger partial charge in [0.1, 0.15) is 0 Å². The average molecular weight is 205 g/mol. The molecule has 84 valence electrons. The third-order valence-corrected chi connectivity index (χ3v) is 2.93. The van der Waals surface area contributed by atoms with Crippen LogP contribution in [0.2, 0.25) is 0 Å². The molecule has 0 aromatic heterocycles. The predicted octanol–water partition coefficient (Wildman–Crippen LogP) is -1.12. The van der Waals surface area contributed by atoms with Crippen molar-refractivity contribution in [2.75, 3.05) is 19.8 Å². The summed E-state index contributed by atoms with van der Waals surface area (Å²) in [5.41, 5.74) is 2.16. The van der Waals surface area contributed by atoms with Gasteiger partial charge in [0.25, 0.3) is 0 Å². The highest BCUT2D eigenvalue weighted by molar-refractivity contribution is 4.90. The van der Waals surface area contributed by atoms with Crippen LogP contribution in [-0.2, 0) is 4.84 Å². The summed E-state index contributed by atoms with van der Waals surface area (Å²) in [5.74, 6) is -0.175. The van der Waals surface area contributed by atoms with Crippen molar-refractivity contribution in [3.05, 3.63) is 0 Å². The van der Waals surface area contributed by atoms with E-state index >= 15 is 0 Å². The predicted molar refractivity (Wildman–Crippen MR) is 50.3 cm³/mol. The van der Waals surface area contributed by atoms with Crippen molar-refractivity contribution in [1.82, 2.24) is 5.48 Å². The maximum absolute atomic E-state index is 9.88. The molecule has 0 spiro atoms. The fraction of sp³-hybridized carbons (Fsp3) is 1.00. The van der Waals surface area contributed by atoms with Gasteiger partial charge in [0.15, 0.2) is 0 Å². The first-order chi connectivity index (χ1) is 6.53. The monoisotopic (exact) mass is 205 g/mol. The quantitative estimate of drug-likeness (QED) is 0.469. The molecule has 0 aromatic rings. The lowest BCUT2D eigenvalue weighted by Gasteiger charge is -2.42. The Morgan fingerprint density at radius 2 is 2.07 bits per heavy atom. The van der Waals surface area contributed by atoms with Crippen LogP contribution in [0.3, 0.4) is 0 Å². The first kappa shape index (κ1) is 11.9. The highest BCUT2D eigenvalue weighted by Crippen LogP contribution is 2.32. The number of aliphatic hydroxyl groups is 3. The minimum absolute atomic E-state index is 0.0176. The highest BCUT2D eigenvalue weighted by Gasteiger charge is 2.41. The molecule has 5 nitrogen and oxygen atoms in total. The third-order valence-electron chi connectivity index (χ3n) is 2.93. The molecule has 0 radical (unpaired) electrons. The van der Waals surface area contributed by atoms with E-state index in [9.17, 15) is 10.2 Å². The highest BCUT2D eigenvalue weighted by atomic mass is 16.7. The van der Waals surface area contributed by atoms with Crippen molar-refractivity contribution < 1.29 is 20.2 Å². The molecule has 1 aliphatic heterocycles. The number of nitrogens with one attached hydrogen (secondary N) is 1. The Morgan fingerprint density at radius 3 is 2.57 bits per heavy atom. The molecule has 1 heterocycles. The normalized spacial score (nSPS) is 34.5. The molecule has 3 atom stereocenters. The Labute approximate surface area is 83.7 Å². The summed E-state index contributed by atoms with van der Waals surface area (Å²) < 4.78 is 0. The molecular weight excluding hydrogens is 186 g/mol. The lowest BCUT2D eigenvalue weighted by atomic mass is 9.74. The first-order valence-electron chi connectivity index (χ1n) is 4.80.